The Labute approximate surface area is 250 Å². The lowest BCUT2D eigenvalue weighted by Crippen LogP contribution is -2.59. The van der Waals surface area contributed by atoms with E-state index in [-0.39, 0.29) is 17.9 Å². The zero-order chi connectivity index (χ0) is 29.5. The van der Waals surface area contributed by atoms with Crippen molar-refractivity contribution in [2.24, 2.45) is 52.1 Å². The number of unbranched alkanes of at least 4 members (excludes halogenated alkanes) is 1. The summed E-state index contributed by atoms with van der Waals surface area (Å²) in [5, 5.41) is 32.0. The molecule has 4 rings (SSSR count). The summed E-state index contributed by atoms with van der Waals surface area (Å²) >= 11 is 0. The number of carbonyl (C=O) groups is 1. The highest BCUT2D eigenvalue weighted by atomic mass is 16.4. The lowest BCUT2D eigenvalue weighted by Gasteiger charge is -2.62. The number of nitrogens with two attached hydrogens (primary N) is 1. The van der Waals surface area contributed by atoms with Crippen LogP contribution in [0.1, 0.15) is 111 Å². The zero-order valence-corrected chi connectivity index (χ0v) is 26.6. The van der Waals surface area contributed by atoms with Gasteiger partial charge in [0.05, 0.1) is 6.10 Å². The van der Waals surface area contributed by atoms with Crippen molar-refractivity contribution < 1.29 is 15.0 Å². The van der Waals surface area contributed by atoms with E-state index in [0.717, 1.165) is 76.8 Å². The Balaban J connectivity index is 1.19. The predicted octanol–water partition coefficient (Wildman–Crippen LogP) is 4.77. The Morgan fingerprint density at radius 1 is 0.902 bits per heavy atom. The summed E-state index contributed by atoms with van der Waals surface area (Å²) in [5.74, 6) is 2.87. The number of fused-ring (bicyclic) bond motifs is 5. The molecule has 0 bridgehead atoms. The van der Waals surface area contributed by atoms with Gasteiger partial charge in [0.2, 0.25) is 0 Å². The number of aliphatic hydroxyl groups excluding tert-OH is 1. The number of nitrogens with one attached hydrogen (secondary N) is 3. The second kappa shape index (κ2) is 15.3. The van der Waals surface area contributed by atoms with Crippen molar-refractivity contribution in [3.8, 4) is 0 Å². The van der Waals surface area contributed by atoms with Crippen molar-refractivity contribution in [1.29, 1.82) is 0 Å². The molecule has 4 fully saturated rings. The molecule has 0 radical (unpaired) electrons. The van der Waals surface area contributed by atoms with Crippen LogP contribution in [-0.4, -0.2) is 67.6 Å². The van der Waals surface area contributed by atoms with E-state index >= 15 is 0 Å². The van der Waals surface area contributed by atoms with Crippen LogP contribution in [0, 0.1) is 46.3 Å². The van der Waals surface area contributed by atoms with E-state index in [1.807, 2.05) is 0 Å². The first kappa shape index (κ1) is 33.2. The van der Waals surface area contributed by atoms with Crippen LogP contribution in [0.25, 0.3) is 0 Å². The number of carboxylic acids is 1. The standard InChI is InChI=1S/C34H64N4O3/c1-24(8-13-32(40)41)28-11-12-29-27-10-9-25-22-26(14-15-33(25,2)30(27)23-31(39)34(28,29)3)38-21-7-20-37-18-5-4-17-36-19-6-16-35/h24-31,36-39H,4-23,35H2,1-3H3,(H,40,41). The van der Waals surface area contributed by atoms with Gasteiger partial charge < -0.3 is 31.9 Å². The van der Waals surface area contributed by atoms with Gasteiger partial charge in [0.15, 0.2) is 0 Å². The first-order valence-corrected chi connectivity index (χ1v) is 17.5. The van der Waals surface area contributed by atoms with Gasteiger partial charge in [0.1, 0.15) is 0 Å². The van der Waals surface area contributed by atoms with Gasteiger partial charge in [-0.25, -0.2) is 0 Å². The minimum absolute atomic E-state index is 0.0452. The molecule has 4 aliphatic rings. The number of aliphatic carboxylic acids is 1. The maximum Gasteiger partial charge on any atom is 0.303 e. The highest BCUT2D eigenvalue weighted by Gasteiger charge is 2.63. The molecular formula is C34H64N4O3. The topological polar surface area (TPSA) is 120 Å². The molecule has 4 aliphatic carbocycles. The van der Waals surface area contributed by atoms with E-state index < -0.39 is 5.97 Å². The first-order valence-electron chi connectivity index (χ1n) is 17.5. The minimum Gasteiger partial charge on any atom is -0.481 e. The van der Waals surface area contributed by atoms with Gasteiger partial charge in [0.25, 0.3) is 0 Å². The largest absolute Gasteiger partial charge is 0.481 e. The molecule has 0 saturated heterocycles. The summed E-state index contributed by atoms with van der Waals surface area (Å²) in [6.45, 7) is 13.4. The third-order valence-electron chi connectivity index (χ3n) is 12.8. The molecule has 4 saturated carbocycles. The third-order valence-corrected chi connectivity index (χ3v) is 12.8. The summed E-state index contributed by atoms with van der Waals surface area (Å²) in [7, 11) is 0. The molecule has 41 heavy (non-hydrogen) atoms. The van der Waals surface area contributed by atoms with E-state index in [0.29, 0.717) is 35.1 Å². The van der Waals surface area contributed by atoms with E-state index in [9.17, 15) is 15.0 Å². The molecule has 0 aromatic rings. The van der Waals surface area contributed by atoms with Gasteiger partial charge in [-0.3, -0.25) is 4.79 Å². The number of aliphatic hydroxyl groups is 1. The fourth-order valence-electron chi connectivity index (χ4n) is 10.4. The van der Waals surface area contributed by atoms with Crippen LogP contribution >= 0.6 is 0 Å². The van der Waals surface area contributed by atoms with E-state index in [2.05, 4.69) is 36.7 Å². The van der Waals surface area contributed by atoms with Crippen LogP contribution in [0.2, 0.25) is 0 Å². The highest BCUT2D eigenvalue weighted by Crippen LogP contribution is 2.68. The predicted molar refractivity (Wildman–Crippen MR) is 168 cm³/mol. The van der Waals surface area contributed by atoms with Crippen LogP contribution < -0.4 is 21.7 Å². The average molecular weight is 577 g/mol. The molecule has 0 heterocycles. The van der Waals surface area contributed by atoms with Gasteiger partial charge in [0, 0.05) is 12.5 Å². The van der Waals surface area contributed by atoms with Crippen LogP contribution in [0.5, 0.6) is 0 Å². The summed E-state index contributed by atoms with van der Waals surface area (Å²) in [5.41, 5.74) is 5.84. The van der Waals surface area contributed by atoms with Crippen LogP contribution in [0.15, 0.2) is 0 Å². The number of hydrogen-bond donors (Lipinski definition) is 6. The quantitative estimate of drug-likeness (QED) is 0.138. The lowest BCUT2D eigenvalue weighted by atomic mass is 9.43. The molecule has 0 aromatic heterocycles. The smallest absolute Gasteiger partial charge is 0.303 e. The lowest BCUT2D eigenvalue weighted by molar-refractivity contribution is -0.170. The van der Waals surface area contributed by atoms with Crippen molar-refractivity contribution in [3.63, 3.8) is 0 Å². The molecular weight excluding hydrogens is 512 g/mol. The van der Waals surface area contributed by atoms with Crippen molar-refractivity contribution in [2.75, 3.05) is 39.3 Å². The molecule has 10 atom stereocenters. The normalized spacial score (nSPS) is 39.1. The Kier molecular flexibility index (Phi) is 12.4. The molecule has 0 amide bonds. The van der Waals surface area contributed by atoms with E-state index in [1.165, 1.54) is 57.8 Å². The monoisotopic (exact) mass is 576 g/mol. The minimum atomic E-state index is -0.692. The average Bonchev–Trinajstić information content (AvgIpc) is 3.31. The molecule has 0 spiro atoms. The van der Waals surface area contributed by atoms with Gasteiger partial charge in [-0.2, -0.15) is 0 Å². The number of carboxylic acid groups (broad SMARTS) is 1. The molecule has 7 nitrogen and oxygen atoms in total. The summed E-state index contributed by atoms with van der Waals surface area (Å²) in [4.78, 5) is 11.2. The number of hydrogen-bond acceptors (Lipinski definition) is 6. The maximum atomic E-state index is 11.8. The molecule has 7 N–H and O–H groups in total. The molecule has 10 unspecified atom stereocenters. The number of rotatable bonds is 17. The van der Waals surface area contributed by atoms with Gasteiger partial charge >= 0.3 is 5.97 Å². The molecule has 0 aromatic carbocycles. The van der Waals surface area contributed by atoms with E-state index in [4.69, 9.17) is 5.73 Å². The fourth-order valence-corrected chi connectivity index (χ4v) is 10.4. The summed E-state index contributed by atoms with van der Waals surface area (Å²) in [6.07, 6.45) is 15.3. The Bertz CT molecular complexity index is 813. The van der Waals surface area contributed by atoms with Gasteiger partial charge in [-0.05, 0) is 169 Å². The highest BCUT2D eigenvalue weighted by molar-refractivity contribution is 5.66. The van der Waals surface area contributed by atoms with Crippen molar-refractivity contribution in [1.82, 2.24) is 16.0 Å². The first-order chi connectivity index (χ1) is 19.7. The molecule has 7 heteroatoms. The van der Waals surface area contributed by atoms with Crippen molar-refractivity contribution in [2.45, 2.75) is 123 Å². The maximum absolute atomic E-state index is 11.8. The van der Waals surface area contributed by atoms with Crippen LogP contribution in [0.4, 0.5) is 0 Å². The molecule has 238 valence electrons. The van der Waals surface area contributed by atoms with Gasteiger partial charge in [-0.15, -0.1) is 0 Å². The fraction of sp³-hybridized carbons (Fsp3) is 0.971. The Morgan fingerprint density at radius 2 is 1.61 bits per heavy atom. The second-order valence-electron chi connectivity index (χ2n) is 15.0. The summed E-state index contributed by atoms with van der Waals surface area (Å²) < 4.78 is 0. The van der Waals surface area contributed by atoms with Gasteiger partial charge in [-0.1, -0.05) is 20.8 Å². The van der Waals surface area contributed by atoms with Crippen LogP contribution in [0.3, 0.4) is 0 Å². The second-order valence-corrected chi connectivity index (χ2v) is 15.0. The van der Waals surface area contributed by atoms with Crippen LogP contribution in [-0.2, 0) is 4.79 Å². The summed E-state index contributed by atoms with van der Waals surface area (Å²) in [6, 6.07) is 0.647. The Morgan fingerprint density at radius 3 is 2.32 bits per heavy atom. The van der Waals surface area contributed by atoms with Crippen molar-refractivity contribution >= 4 is 5.97 Å². The zero-order valence-electron chi connectivity index (χ0n) is 26.6. The molecule has 0 aliphatic heterocycles. The van der Waals surface area contributed by atoms with E-state index in [1.54, 1.807) is 0 Å². The Hall–Kier alpha value is -0.730. The third kappa shape index (κ3) is 7.68. The SMILES string of the molecule is CC(CCC(=O)O)C1CCC2C3CCC4CC(NCCCNCCCCNCCCN)CCC4(C)C3CC(O)C12C. The van der Waals surface area contributed by atoms with Crippen molar-refractivity contribution in [3.05, 3.63) is 0 Å².